The van der Waals surface area contributed by atoms with E-state index in [2.05, 4.69) is 25.3 Å². The Hall–Kier alpha value is -3.34. The molecule has 1 saturated carbocycles. The van der Waals surface area contributed by atoms with Gasteiger partial charge < -0.3 is 14.2 Å². The Morgan fingerprint density at radius 1 is 0.879 bits per heavy atom. The van der Waals surface area contributed by atoms with Gasteiger partial charge in [0.25, 0.3) is 0 Å². The third-order valence-electron chi connectivity index (χ3n) is 5.10. The molecule has 3 rings (SSSR count). The van der Waals surface area contributed by atoms with Crippen LogP contribution < -0.4 is 4.74 Å². The van der Waals surface area contributed by atoms with E-state index in [1.807, 2.05) is 48.5 Å². The van der Waals surface area contributed by atoms with Gasteiger partial charge in [0.15, 0.2) is 0 Å². The Bertz CT molecular complexity index is 883. The lowest BCUT2D eigenvalue weighted by atomic mass is 10.1. The molecular formula is C28H34O5. The topological polar surface area (TPSA) is 61.8 Å². The van der Waals surface area contributed by atoms with Crippen molar-refractivity contribution in [3.05, 3.63) is 90.5 Å². The Morgan fingerprint density at radius 2 is 1.48 bits per heavy atom. The first-order chi connectivity index (χ1) is 16.0. The van der Waals surface area contributed by atoms with Gasteiger partial charge in [-0.15, -0.1) is 0 Å². The van der Waals surface area contributed by atoms with Crippen LogP contribution in [-0.2, 0) is 25.5 Å². The van der Waals surface area contributed by atoms with Crippen molar-refractivity contribution in [1.29, 1.82) is 0 Å². The summed E-state index contributed by atoms with van der Waals surface area (Å²) in [6.07, 6.45) is 6.03. The number of rotatable bonds is 10. The molecule has 5 heteroatoms. The first-order valence-electron chi connectivity index (χ1n) is 11.4. The normalized spacial score (nSPS) is 12.8. The lowest BCUT2D eigenvalue weighted by Crippen LogP contribution is -2.16. The number of carbonyl (C=O) groups excluding carboxylic acids is 2. The number of esters is 2. The van der Waals surface area contributed by atoms with Gasteiger partial charge in [0.1, 0.15) is 25.1 Å². The van der Waals surface area contributed by atoms with Crippen LogP contribution in [0.5, 0.6) is 5.75 Å². The van der Waals surface area contributed by atoms with E-state index < -0.39 is 0 Å². The predicted octanol–water partition coefficient (Wildman–Crippen LogP) is 5.85. The summed E-state index contributed by atoms with van der Waals surface area (Å²) in [6.45, 7) is 9.51. The molecule has 1 aliphatic rings. The number of ether oxygens (including phenoxy) is 3. The van der Waals surface area contributed by atoms with Crippen molar-refractivity contribution in [2.75, 3.05) is 13.2 Å². The van der Waals surface area contributed by atoms with Crippen molar-refractivity contribution in [3.8, 4) is 5.75 Å². The van der Waals surface area contributed by atoms with Gasteiger partial charge in [-0.1, -0.05) is 61.7 Å². The third-order valence-corrected chi connectivity index (χ3v) is 5.10. The quantitative estimate of drug-likeness (QED) is 0.258. The zero-order valence-corrected chi connectivity index (χ0v) is 19.5. The molecule has 0 aromatic heterocycles. The second-order valence-electron chi connectivity index (χ2n) is 7.98. The third kappa shape index (κ3) is 10.7. The highest BCUT2D eigenvalue weighted by atomic mass is 16.6. The van der Waals surface area contributed by atoms with E-state index in [1.165, 1.54) is 18.4 Å². The maximum atomic E-state index is 11.8. The molecule has 0 heterocycles. The molecule has 33 heavy (non-hydrogen) atoms. The molecule has 0 aliphatic heterocycles. The maximum absolute atomic E-state index is 11.8. The van der Waals surface area contributed by atoms with Crippen LogP contribution in [0.4, 0.5) is 0 Å². The molecule has 0 unspecified atom stereocenters. The molecule has 2 aromatic rings. The zero-order chi connectivity index (χ0) is 23.9. The molecule has 1 fully saturated rings. The zero-order valence-electron chi connectivity index (χ0n) is 19.5. The molecule has 2 aromatic carbocycles. The van der Waals surface area contributed by atoms with Crippen LogP contribution in [0.2, 0.25) is 0 Å². The minimum atomic E-state index is -0.383. The largest absolute Gasteiger partial charge is 0.490 e. The minimum absolute atomic E-state index is 0.131. The molecule has 0 N–H and O–H groups in total. The second kappa shape index (κ2) is 14.7. The molecule has 5 nitrogen and oxygen atoms in total. The van der Waals surface area contributed by atoms with Crippen molar-refractivity contribution in [3.63, 3.8) is 0 Å². The number of aryl methyl sites for hydroxylation is 1. The van der Waals surface area contributed by atoms with Crippen molar-refractivity contribution >= 4 is 11.9 Å². The highest BCUT2D eigenvalue weighted by Crippen LogP contribution is 2.22. The Kier molecular flexibility index (Phi) is 11.5. The number of carbonyl (C=O) groups is 2. The molecule has 0 saturated heterocycles. The number of benzene rings is 2. The molecule has 0 spiro atoms. The van der Waals surface area contributed by atoms with Gasteiger partial charge in [-0.2, -0.15) is 0 Å². The van der Waals surface area contributed by atoms with E-state index in [1.54, 1.807) is 6.92 Å². The Morgan fingerprint density at radius 3 is 2.09 bits per heavy atom. The van der Waals surface area contributed by atoms with Gasteiger partial charge >= 0.3 is 11.9 Å². The fourth-order valence-corrected chi connectivity index (χ4v) is 3.22. The smallest absolute Gasteiger partial charge is 0.333 e. The van der Waals surface area contributed by atoms with Crippen molar-refractivity contribution in [2.45, 2.75) is 51.6 Å². The fourth-order valence-electron chi connectivity index (χ4n) is 3.22. The molecule has 1 aliphatic carbocycles. The average Bonchev–Trinajstić information content (AvgIpc) is 3.35. The van der Waals surface area contributed by atoms with Gasteiger partial charge in [0, 0.05) is 11.1 Å². The molecule has 0 bridgehead atoms. The van der Waals surface area contributed by atoms with Gasteiger partial charge in [-0.25, -0.2) is 9.59 Å². The van der Waals surface area contributed by atoms with Gasteiger partial charge in [0.2, 0.25) is 0 Å². The van der Waals surface area contributed by atoms with Crippen LogP contribution in [0.3, 0.4) is 0 Å². The van der Waals surface area contributed by atoms with E-state index in [9.17, 15) is 9.59 Å². The summed E-state index contributed by atoms with van der Waals surface area (Å²) in [5, 5.41) is 0. The van der Waals surface area contributed by atoms with E-state index in [0.29, 0.717) is 24.2 Å². The molecular weight excluding hydrogens is 416 g/mol. The standard InChI is InChI=1S/C16H20O2.C12H14O3/c1-13(11-12-14-7-3-2-4-8-14)16(17)18-15-9-5-6-10-15;1-10(2)12(13)15-9-8-14-11-6-4-3-5-7-11/h2-4,7-8,15H,1,5-6,9-12H2;3-7H,1,8-9H2,2H3. The van der Waals surface area contributed by atoms with E-state index in [4.69, 9.17) is 14.2 Å². The average molecular weight is 451 g/mol. The highest BCUT2D eigenvalue weighted by Gasteiger charge is 2.20. The van der Waals surface area contributed by atoms with Crippen LogP contribution in [0, 0.1) is 0 Å². The summed E-state index contributed by atoms with van der Waals surface area (Å²) in [4.78, 5) is 22.8. The number of hydrogen-bond donors (Lipinski definition) is 0. The van der Waals surface area contributed by atoms with Crippen LogP contribution in [0.1, 0.15) is 44.6 Å². The highest BCUT2D eigenvalue weighted by molar-refractivity contribution is 5.88. The summed E-state index contributed by atoms with van der Waals surface area (Å²) in [5.74, 6) is 0.174. The van der Waals surface area contributed by atoms with Crippen molar-refractivity contribution in [1.82, 2.24) is 0 Å². The molecule has 0 amide bonds. The van der Waals surface area contributed by atoms with Crippen LogP contribution in [-0.4, -0.2) is 31.3 Å². The summed E-state index contributed by atoms with van der Waals surface area (Å²) < 4.78 is 15.6. The summed E-state index contributed by atoms with van der Waals surface area (Å²) in [7, 11) is 0. The van der Waals surface area contributed by atoms with E-state index in [-0.39, 0.29) is 24.6 Å². The van der Waals surface area contributed by atoms with Gasteiger partial charge in [0.05, 0.1) is 0 Å². The van der Waals surface area contributed by atoms with E-state index in [0.717, 1.165) is 25.0 Å². The van der Waals surface area contributed by atoms with Crippen LogP contribution >= 0.6 is 0 Å². The first-order valence-corrected chi connectivity index (χ1v) is 11.4. The summed E-state index contributed by atoms with van der Waals surface area (Å²) in [5.41, 5.74) is 2.22. The second-order valence-corrected chi connectivity index (χ2v) is 7.98. The van der Waals surface area contributed by atoms with Gasteiger partial charge in [-0.3, -0.25) is 0 Å². The summed E-state index contributed by atoms with van der Waals surface area (Å²) in [6, 6.07) is 19.5. The summed E-state index contributed by atoms with van der Waals surface area (Å²) >= 11 is 0. The maximum Gasteiger partial charge on any atom is 0.333 e. The van der Waals surface area contributed by atoms with E-state index >= 15 is 0 Å². The number of para-hydroxylation sites is 1. The van der Waals surface area contributed by atoms with Crippen LogP contribution in [0.25, 0.3) is 0 Å². The lowest BCUT2D eigenvalue weighted by Gasteiger charge is -2.12. The molecule has 0 radical (unpaired) electrons. The monoisotopic (exact) mass is 450 g/mol. The lowest BCUT2D eigenvalue weighted by molar-refractivity contribution is -0.144. The Labute approximate surface area is 197 Å². The number of hydrogen-bond acceptors (Lipinski definition) is 5. The predicted molar refractivity (Wildman–Crippen MR) is 130 cm³/mol. The molecule has 0 atom stereocenters. The SMILES string of the molecule is C=C(C)C(=O)OCCOc1ccccc1.C=C(CCc1ccccc1)C(=O)OC1CCCC1. The Balaban J connectivity index is 0.000000238. The van der Waals surface area contributed by atoms with Crippen LogP contribution in [0.15, 0.2) is 85.0 Å². The fraction of sp³-hybridized carbons (Fsp3) is 0.357. The van der Waals surface area contributed by atoms with Gasteiger partial charge in [-0.05, 0) is 63.1 Å². The minimum Gasteiger partial charge on any atom is -0.490 e. The first kappa shape index (κ1) is 25.9. The van der Waals surface area contributed by atoms with Crippen molar-refractivity contribution < 1.29 is 23.8 Å². The molecule has 176 valence electrons. The van der Waals surface area contributed by atoms with Crippen molar-refractivity contribution in [2.24, 2.45) is 0 Å².